The SMILES string of the molecule is N#Cc1c(NC(=O)CSc2cccc(NC(=O)c3cccc(Cl)c3)c2)sc2c1CCN(Cc1ccccc1)C2. The Balaban J connectivity index is 1.18. The van der Waals surface area contributed by atoms with E-state index in [1.807, 2.05) is 36.4 Å². The summed E-state index contributed by atoms with van der Waals surface area (Å²) in [7, 11) is 0. The average molecular weight is 573 g/mol. The summed E-state index contributed by atoms with van der Waals surface area (Å²) in [4.78, 5) is 29.7. The van der Waals surface area contributed by atoms with Gasteiger partial charge in [-0.05, 0) is 53.9 Å². The second kappa shape index (κ2) is 12.5. The van der Waals surface area contributed by atoms with Gasteiger partial charge in [0.15, 0.2) is 0 Å². The zero-order valence-corrected chi connectivity index (χ0v) is 23.3. The van der Waals surface area contributed by atoms with Gasteiger partial charge in [0.05, 0.1) is 11.3 Å². The number of nitrogens with one attached hydrogen (secondary N) is 2. The van der Waals surface area contributed by atoms with Crippen LogP contribution < -0.4 is 10.6 Å². The molecule has 0 bridgehead atoms. The molecule has 196 valence electrons. The topological polar surface area (TPSA) is 85.2 Å². The van der Waals surface area contributed by atoms with Crippen LogP contribution in [0.3, 0.4) is 0 Å². The van der Waals surface area contributed by atoms with Crippen LogP contribution >= 0.6 is 34.7 Å². The highest BCUT2D eigenvalue weighted by atomic mass is 35.5. The monoisotopic (exact) mass is 572 g/mol. The summed E-state index contributed by atoms with van der Waals surface area (Å²) in [6.45, 7) is 2.50. The number of rotatable bonds is 8. The molecular formula is C30H25ClN4O2S2. The minimum Gasteiger partial charge on any atom is -0.322 e. The summed E-state index contributed by atoms with van der Waals surface area (Å²) < 4.78 is 0. The van der Waals surface area contributed by atoms with Crippen molar-refractivity contribution in [2.45, 2.75) is 24.4 Å². The Kier molecular flexibility index (Phi) is 8.64. The molecule has 0 radical (unpaired) electrons. The quantitative estimate of drug-likeness (QED) is 0.226. The molecule has 1 aliphatic rings. The third kappa shape index (κ3) is 6.88. The van der Waals surface area contributed by atoms with Crippen LogP contribution in [-0.2, 0) is 24.3 Å². The van der Waals surface area contributed by atoms with E-state index in [4.69, 9.17) is 11.6 Å². The van der Waals surface area contributed by atoms with E-state index in [9.17, 15) is 14.9 Å². The molecule has 2 amide bonds. The van der Waals surface area contributed by atoms with E-state index in [2.05, 4.69) is 33.7 Å². The first-order valence-electron chi connectivity index (χ1n) is 12.4. The van der Waals surface area contributed by atoms with Gasteiger partial charge in [0.25, 0.3) is 5.91 Å². The van der Waals surface area contributed by atoms with E-state index in [1.54, 1.807) is 30.3 Å². The summed E-state index contributed by atoms with van der Waals surface area (Å²) in [5, 5.41) is 16.8. The fourth-order valence-electron chi connectivity index (χ4n) is 4.45. The van der Waals surface area contributed by atoms with Crippen LogP contribution in [0.1, 0.15) is 31.9 Å². The van der Waals surface area contributed by atoms with Gasteiger partial charge in [0.2, 0.25) is 5.91 Å². The average Bonchev–Trinajstić information content (AvgIpc) is 3.28. The van der Waals surface area contributed by atoms with Gasteiger partial charge >= 0.3 is 0 Å². The van der Waals surface area contributed by atoms with Gasteiger partial charge in [-0.15, -0.1) is 23.1 Å². The molecule has 9 heteroatoms. The molecule has 39 heavy (non-hydrogen) atoms. The Morgan fingerprint density at radius 2 is 1.85 bits per heavy atom. The Labute approximate surface area is 240 Å². The molecule has 2 heterocycles. The van der Waals surface area contributed by atoms with Crippen molar-refractivity contribution in [3.8, 4) is 6.07 Å². The Hall–Kier alpha value is -3.61. The Morgan fingerprint density at radius 1 is 1.03 bits per heavy atom. The molecule has 1 aromatic heterocycles. The molecule has 0 atom stereocenters. The van der Waals surface area contributed by atoms with Crippen molar-refractivity contribution in [3.05, 3.63) is 111 Å². The molecule has 3 aromatic carbocycles. The van der Waals surface area contributed by atoms with Gasteiger partial charge in [-0.2, -0.15) is 5.26 Å². The number of nitrogens with zero attached hydrogens (tertiary/aromatic N) is 2. The molecule has 4 aromatic rings. The highest BCUT2D eigenvalue weighted by Gasteiger charge is 2.25. The number of carbonyl (C=O) groups excluding carboxylic acids is 2. The zero-order chi connectivity index (χ0) is 27.2. The fourth-order valence-corrected chi connectivity index (χ4v) is 6.65. The van der Waals surface area contributed by atoms with E-state index in [0.717, 1.165) is 41.4 Å². The van der Waals surface area contributed by atoms with Crippen molar-refractivity contribution < 1.29 is 9.59 Å². The first kappa shape index (κ1) is 27.0. The second-order valence-electron chi connectivity index (χ2n) is 9.10. The lowest BCUT2D eigenvalue weighted by Crippen LogP contribution is -2.29. The number of benzene rings is 3. The first-order chi connectivity index (χ1) is 19.0. The molecule has 2 N–H and O–H groups in total. The van der Waals surface area contributed by atoms with Crippen molar-refractivity contribution >= 4 is 57.2 Å². The van der Waals surface area contributed by atoms with Crippen LogP contribution in [0.25, 0.3) is 0 Å². The van der Waals surface area contributed by atoms with Crippen LogP contribution in [0.5, 0.6) is 0 Å². The predicted octanol–water partition coefficient (Wildman–Crippen LogP) is 6.81. The molecule has 5 rings (SSSR count). The van der Waals surface area contributed by atoms with E-state index < -0.39 is 0 Å². The molecule has 0 aliphatic carbocycles. The van der Waals surface area contributed by atoms with Crippen molar-refractivity contribution in [1.29, 1.82) is 5.26 Å². The maximum absolute atomic E-state index is 12.8. The number of hydrogen-bond acceptors (Lipinski definition) is 6. The van der Waals surface area contributed by atoms with E-state index in [1.165, 1.54) is 28.7 Å². The van der Waals surface area contributed by atoms with Crippen LogP contribution in [0.2, 0.25) is 5.02 Å². The number of thiophene rings is 1. The number of anilines is 2. The molecular weight excluding hydrogens is 548 g/mol. The third-order valence-corrected chi connectivity index (χ3v) is 8.66. The molecule has 1 aliphatic heterocycles. The van der Waals surface area contributed by atoms with Crippen LogP contribution in [0, 0.1) is 11.3 Å². The van der Waals surface area contributed by atoms with Crippen LogP contribution in [0.15, 0.2) is 83.8 Å². The van der Waals surface area contributed by atoms with Crippen molar-refractivity contribution in [1.82, 2.24) is 4.90 Å². The molecule has 0 unspecified atom stereocenters. The van der Waals surface area contributed by atoms with Crippen LogP contribution in [-0.4, -0.2) is 29.0 Å². The maximum Gasteiger partial charge on any atom is 0.255 e. The lowest BCUT2D eigenvalue weighted by Gasteiger charge is -2.26. The second-order valence-corrected chi connectivity index (χ2v) is 11.7. The summed E-state index contributed by atoms with van der Waals surface area (Å²) >= 11 is 8.85. The Bertz CT molecular complexity index is 1550. The molecule has 6 nitrogen and oxygen atoms in total. The smallest absolute Gasteiger partial charge is 0.255 e. The standard InChI is InChI=1S/C30H25ClN4O2S2/c31-22-9-4-8-21(14-22)29(37)33-23-10-5-11-24(15-23)38-19-28(36)34-30-26(16-32)25-12-13-35(18-27(25)39-30)17-20-6-2-1-3-7-20/h1-11,14-15H,12-13,17-19H2,(H,33,37)(H,34,36). The summed E-state index contributed by atoms with van der Waals surface area (Å²) in [6.07, 6.45) is 0.792. The van der Waals surface area contributed by atoms with Gasteiger partial charge in [0.1, 0.15) is 11.1 Å². The summed E-state index contributed by atoms with van der Waals surface area (Å²) in [6, 6.07) is 26.7. The normalized spacial score (nSPS) is 12.8. The van der Waals surface area contributed by atoms with Gasteiger partial charge in [0, 0.05) is 45.7 Å². The van der Waals surface area contributed by atoms with Gasteiger partial charge in [-0.1, -0.05) is 54.1 Å². The number of nitriles is 1. The lowest BCUT2D eigenvalue weighted by molar-refractivity contribution is -0.113. The molecule has 0 saturated carbocycles. The van der Waals surface area contributed by atoms with Gasteiger partial charge in [-0.25, -0.2) is 0 Å². The van der Waals surface area contributed by atoms with Gasteiger partial charge in [-0.3, -0.25) is 14.5 Å². The number of thioether (sulfide) groups is 1. The minimum atomic E-state index is -0.259. The number of carbonyl (C=O) groups is 2. The number of fused-ring (bicyclic) bond motifs is 1. The number of halogens is 1. The molecule has 0 saturated heterocycles. The highest BCUT2D eigenvalue weighted by Crippen LogP contribution is 2.37. The van der Waals surface area contributed by atoms with Gasteiger partial charge < -0.3 is 10.6 Å². The molecule has 0 fully saturated rings. The van der Waals surface area contributed by atoms with Crippen molar-refractivity contribution in [3.63, 3.8) is 0 Å². The van der Waals surface area contributed by atoms with Crippen molar-refractivity contribution in [2.24, 2.45) is 0 Å². The number of amides is 2. The predicted molar refractivity (Wildman–Crippen MR) is 158 cm³/mol. The van der Waals surface area contributed by atoms with E-state index in [-0.39, 0.29) is 17.6 Å². The maximum atomic E-state index is 12.8. The highest BCUT2D eigenvalue weighted by molar-refractivity contribution is 8.00. The molecule has 0 spiro atoms. The van der Waals surface area contributed by atoms with E-state index >= 15 is 0 Å². The first-order valence-corrected chi connectivity index (χ1v) is 14.6. The fraction of sp³-hybridized carbons (Fsp3) is 0.167. The number of hydrogen-bond donors (Lipinski definition) is 2. The zero-order valence-electron chi connectivity index (χ0n) is 20.9. The van der Waals surface area contributed by atoms with Crippen LogP contribution in [0.4, 0.5) is 10.7 Å². The third-order valence-electron chi connectivity index (χ3n) is 6.30. The minimum absolute atomic E-state index is 0.176. The van der Waals surface area contributed by atoms with Crippen molar-refractivity contribution in [2.75, 3.05) is 22.9 Å². The van der Waals surface area contributed by atoms with E-state index in [0.29, 0.717) is 26.8 Å². The summed E-state index contributed by atoms with van der Waals surface area (Å²) in [5.41, 5.74) is 3.99. The summed E-state index contributed by atoms with van der Waals surface area (Å²) in [5.74, 6) is -0.255. The largest absolute Gasteiger partial charge is 0.322 e. The lowest BCUT2D eigenvalue weighted by atomic mass is 10.0. The Morgan fingerprint density at radius 3 is 2.64 bits per heavy atom.